The van der Waals surface area contributed by atoms with E-state index in [2.05, 4.69) is 16.5 Å². The summed E-state index contributed by atoms with van der Waals surface area (Å²) in [6, 6.07) is 7.15. The number of hydrogen-bond donors (Lipinski definition) is 1. The maximum atomic E-state index is 10.0. The molecule has 1 N–H and O–H groups in total. The van der Waals surface area contributed by atoms with Gasteiger partial charge in [0.1, 0.15) is 18.2 Å². The van der Waals surface area contributed by atoms with Gasteiger partial charge in [-0.2, -0.15) is 0 Å². The van der Waals surface area contributed by atoms with Crippen LogP contribution in [0.4, 0.5) is 0 Å². The van der Waals surface area contributed by atoms with E-state index in [0.29, 0.717) is 17.2 Å². The molecule has 0 saturated carbocycles. The third-order valence-corrected chi connectivity index (χ3v) is 3.16. The van der Waals surface area contributed by atoms with Crippen molar-refractivity contribution in [1.82, 2.24) is 9.55 Å². The van der Waals surface area contributed by atoms with Crippen molar-refractivity contribution in [3.63, 3.8) is 0 Å². The van der Waals surface area contributed by atoms with Crippen molar-refractivity contribution in [3.8, 4) is 5.75 Å². The third-order valence-electron chi connectivity index (χ3n) is 2.92. The van der Waals surface area contributed by atoms with Crippen LogP contribution in [0, 0.1) is 0 Å². The second-order valence-corrected chi connectivity index (χ2v) is 5.10. The summed E-state index contributed by atoms with van der Waals surface area (Å²) in [5, 5.41) is 10.7. The van der Waals surface area contributed by atoms with Crippen LogP contribution in [0.1, 0.15) is 19.2 Å². The normalized spacial score (nSPS) is 12.3. The van der Waals surface area contributed by atoms with E-state index in [0.717, 1.165) is 18.8 Å². The van der Waals surface area contributed by atoms with Gasteiger partial charge in [0.2, 0.25) is 0 Å². The second kappa shape index (κ2) is 7.31. The molecule has 0 amide bonds. The molecule has 108 valence electrons. The lowest BCUT2D eigenvalue weighted by Crippen LogP contribution is -2.22. The van der Waals surface area contributed by atoms with Gasteiger partial charge in [0.05, 0.1) is 6.10 Å². The number of halogens is 1. The van der Waals surface area contributed by atoms with Crippen LogP contribution in [0.15, 0.2) is 36.7 Å². The lowest BCUT2D eigenvalue weighted by molar-refractivity contribution is 0.105. The lowest BCUT2D eigenvalue weighted by Gasteiger charge is -2.13. The molecular formula is C15H19ClN2O2. The van der Waals surface area contributed by atoms with Crippen LogP contribution in [0.2, 0.25) is 5.02 Å². The summed E-state index contributed by atoms with van der Waals surface area (Å²) >= 11 is 5.87. The maximum absolute atomic E-state index is 10.0. The van der Waals surface area contributed by atoms with Gasteiger partial charge in [-0.25, -0.2) is 4.98 Å². The standard InChI is InChI=1S/C15H19ClN2O2/c1-2-7-18-8-6-17-15(18)10-13(19)11-20-14-5-3-4-12(16)9-14/h3-6,8-9,13,19H,2,7,10-11H2,1H3. The summed E-state index contributed by atoms with van der Waals surface area (Å²) in [4.78, 5) is 4.27. The van der Waals surface area contributed by atoms with Gasteiger partial charge in [0, 0.05) is 30.4 Å². The predicted octanol–water partition coefficient (Wildman–Crippen LogP) is 2.93. The lowest BCUT2D eigenvalue weighted by atomic mass is 10.2. The first-order chi connectivity index (χ1) is 9.69. The van der Waals surface area contributed by atoms with Crippen LogP contribution in [-0.4, -0.2) is 27.4 Å². The molecule has 0 spiro atoms. The van der Waals surface area contributed by atoms with Crippen LogP contribution in [0.25, 0.3) is 0 Å². The molecular weight excluding hydrogens is 276 g/mol. The number of nitrogens with zero attached hydrogens (tertiary/aromatic N) is 2. The number of hydrogen-bond acceptors (Lipinski definition) is 3. The molecule has 1 aromatic carbocycles. The Balaban J connectivity index is 1.86. The van der Waals surface area contributed by atoms with E-state index in [1.807, 2.05) is 18.3 Å². The fourth-order valence-corrected chi connectivity index (χ4v) is 2.17. The van der Waals surface area contributed by atoms with Crippen LogP contribution >= 0.6 is 11.6 Å². The molecule has 1 aromatic heterocycles. The smallest absolute Gasteiger partial charge is 0.120 e. The summed E-state index contributed by atoms with van der Waals surface area (Å²) in [5.74, 6) is 1.54. The quantitative estimate of drug-likeness (QED) is 0.854. The first-order valence-electron chi connectivity index (χ1n) is 6.75. The molecule has 1 unspecified atom stereocenters. The zero-order chi connectivity index (χ0) is 14.4. The van der Waals surface area contributed by atoms with Crippen LogP contribution in [-0.2, 0) is 13.0 Å². The number of rotatable bonds is 7. The molecule has 0 bridgehead atoms. The zero-order valence-electron chi connectivity index (χ0n) is 11.5. The molecule has 0 fully saturated rings. The number of aromatic nitrogens is 2. The minimum Gasteiger partial charge on any atom is -0.491 e. The number of imidazole rings is 1. The van der Waals surface area contributed by atoms with Crippen molar-refractivity contribution in [1.29, 1.82) is 0 Å². The van der Waals surface area contributed by atoms with Crippen LogP contribution in [0.5, 0.6) is 5.75 Å². The summed E-state index contributed by atoms with van der Waals surface area (Å²) < 4.78 is 7.58. The average molecular weight is 295 g/mol. The van der Waals surface area contributed by atoms with Crippen molar-refractivity contribution in [2.45, 2.75) is 32.4 Å². The Hall–Kier alpha value is -1.52. The van der Waals surface area contributed by atoms with Gasteiger partial charge in [-0.1, -0.05) is 24.6 Å². The summed E-state index contributed by atoms with van der Waals surface area (Å²) in [5.41, 5.74) is 0. The van der Waals surface area contributed by atoms with E-state index < -0.39 is 6.10 Å². The maximum Gasteiger partial charge on any atom is 0.120 e. The molecule has 2 rings (SSSR count). The molecule has 2 aromatic rings. The molecule has 4 nitrogen and oxygen atoms in total. The molecule has 0 radical (unpaired) electrons. The Morgan fingerprint density at radius 1 is 1.45 bits per heavy atom. The third kappa shape index (κ3) is 4.25. The largest absolute Gasteiger partial charge is 0.491 e. The van der Waals surface area contributed by atoms with Gasteiger partial charge >= 0.3 is 0 Å². The summed E-state index contributed by atoms with van der Waals surface area (Å²) in [6.07, 6.45) is 4.62. The number of aryl methyl sites for hydroxylation is 1. The predicted molar refractivity (Wildman–Crippen MR) is 79.2 cm³/mol. The Kier molecular flexibility index (Phi) is 5.44. The molecule has 1 heterocycles. The molecule has 20 heavy (non-hydrogen) atoms. The highest BCUT2D eigenvalue weighted by Crippen LogP contribution is 2.17. The van der Waals surface area contributed by atoms with Gasteiger partial charge in [0.25, 0.3) is 0 Å². The van der Waals surface area contributed by atoms with Crippen molar-refractivity contribution >= 4 is 11.6 Å². The molecule has 0 saturated heterocycles. The minimum atomic E-state index is -0.591. The minimum absolute atomic E-state index is 0.222. The number of aliphatic hydroxyl groups excluding tert-OH is 1. The van der Waals surface area contributed by atoms with Gasteiger partial charge < -0.3 is 14.4 Å². The first kappa shape index (κ1) is 14.9. The highest BCUT2D eigenvalue weighted by Gasteiger charge is 2.11. The van der Waals surface area contributed by atoms with Crippen molar-refractivity contribution in [2.75, 3.05) is 6.61 Å². The summed E-state index contributed by atoms with van der Waals surface area (Å²) in [6.45, 7) is 3.25. The van der Waals surface area contributed by atoms with E-state index in [-0.39, 0.29) is 6.61 Å². The fourth-order valence-electron chi connectivity index (χ4n) is 1.99. The van der Waals surface area contributed by atoms with Gasteiger partial charge in [-0.05, 0) is 24.6 Å². The molecule has 0 aliphatic rings. The van der Waals surface area contributed by atoms with E-state index in [4.69, 9.17) is 16.3 Å². The first-order valence-corrected chi connectivity index (χ1v) is 7.13. The van der Waals surface area contributed by atoms with Crippen molar-refractivity contribution < 1.29 is 9.84 Å². The van der Waals surface area contributed by atoms with Crippen LogP contribution in [0.3, 0.4) is 0 Å². The van der Waals surface area contributed by atoms with Gasteiger partial charge in [-0.3, -0.25) is 0 Å². The Morgan fingerprint density at radius 3 is 3.05 bits per heavy atom. The van der Waals surface area contributed by atoms with E-state index >= 15 is 0 Å². The Labute approximate surface area is 124 Å². The average Bonchev–Trinajstić information content (AvgIpc) is 2.84. The molecule has 1 atom stereocenters. The number of ether oxygens (including phenoxy) is 1. The molecule has 0 aliphatic heterocycles. The van der Waals surface area contributed by atoms with Gasteiger partial charge in [0.15, 0.2) is 0 Å². The summed E-state index contributed by atoms with van der Waals surface area (Å²) in [7, 11) is 0. The zero-order valence-corrected chi connectivity index (χ0v) is 12.3. The number of aliphatic hydroxyl groups is 1. The molecule has 5 heteroatoms. The second-order valence-electron chi connectivity index (χ2n) is 4.66. The topological polar surface area (TPSA) is 47.3 Å². The molecule has 0 aliphatic carbocycles. The Morgan fingerprint density at radius 2 is 2.30 bits per heavy atom. The highest BCUT2D eigenvalue weighted by molar-refractivity contribution is 6.30. The van der Waals surface area contributed by atoms with Gasteiger partial charge in [-0.15, -0.1) is 0 Å². The SMILES string of the molecule is CCCn1ccnc1CC(O)COc1cccc(Cl)c1. The van der Waals surface area contributed by atoms with Crippen molar-refractivity contribution in [2.24, 2.45) is 0 Å². The Bertz CT molecular complexity index is 542. The van der Waals surface area contributed by atoms with E-state index in [1.54, 1.807) is 18.3 Å². The fraction of sp³-hybridized carbons (Fsp3) is 0.400. The number of benzene rings is 1. The van der Waals surface area contributed by atoms with Crippen molar-refractivity contribution in [3.05, 3.63) is 47.5 Å². The van der Waals surface area contributed by atoms with E-state index in [9.17, 15) is 5.11 Å². The highest BCUT2D eigenvalue weighted by atomic mass is 35.5. The monoisotopic (exact) mass is 294 g/mol. The van der Waals surface area contributed by atoms with E-state index in [1.165, 1.54) is 0 Å². The van der Waals surface area contributed by atoms with Crippen LogP contribution < -0.4 is 4.74 Å².